The monoisotopic (exact) mass is 540 g/mol. The van der Waals surface area contributed by atoms with Crippen LogP contribution < -0.4 is 19.5 Å². The first-order chi connectivity index (χ1) is 16.1. The molecular formula is C23H17BrF4N2O4. The molecule has 0 saturated carbocycles. The van der Waals surface area contributed by atoms with Gasteiger partial charge in [-0.05, 0) is 64.0 Å². The topological polar surface area (TPSA) is 69.7 Å². The average Bonchev–Trinajstić information content (AvgIpc) is 2.79. The fourth-order valence-electron chi connectivity index (χ4n) is 3.78. The number of fused-ring (bicyclic) bond motifs is 1. The molecule has 178 valence electrons. The van der Waals surface area contributed by atoms with Crippen LogP contribution in [0.3, 0.4) is 0 Å². The fraction of sp³-hybridized carbons (Fsp3) is 0.217. The van der Waals surface area contributed by atoms with Gasteiger partial charge in [-0.2, -0.15) is 0 Å². The molecule has 11 heteroatoms. The van der Waals surface area contributed by atoms with Gasteiger partial charge in [0.05, 0.1) is 18.2 Å². The van der Waals surface area contributed by atoms with Crippen LogP contribution >= 0.6 is 15.9 Å². The number of alkyl halides is 3. The number of aromatic nitrogens is 1. The molecule has 3 aromatic rings. The minimum absolute atomic E-state index is 0.147. The predicted molar refractivity (Wildman–Crippen MR) is 116 cm³/mol. The smallest absolute Gasteiger partial charge is 0.496 e. The highest BCUT2D eigenvalue weighted by molar-refractivity contribution is 9.10. The largest absolute Gasteiger partial charge is 0.573 e. The Hall–Kier alpha value is -3.34. The Morgan fingerprint density at radius 2 is 1.94 bits per heavy atom. The van der Waals surface area contributed by atoms with Crippen LogP contribution in [0.15, 0.2) is 59.2 Å². The second-order valence-corrected chi connectivity index (χ2v) is 8.20. The summed E-state index contributed by atoms with van der Waals surface area (Å²) >= 11 is 3.33. The summed E-state index contributed by atoms with van der Waals surface area (Å²) < 4.78 is 67.6. The first kappa shape index (κ1) is 23.8. The molecule has 0 bridgehead atoms. The molecule has 1 aliphatic rings. The number of hydrogen-bond donors (Lipinski definition) is 1. The van der Waals surface area contributed by atoms with Crippen LogP contribution in [-0.4, -0.2) is 31.0 Å². The SMILES string of the molecule is COc1ccc(C(=O)N[C@]2(c3ccc(OC(F)(F)F)c(F)c3)CCOc3cccnc32)cc1Br. The third kappa shape index (κ3) is 4.65. The van der Waals surface area contributed by atoms with Crippen molar-refractivity contribution in [2.75, 3.05) is 13.7 Å². The lowest BCUT2D eigenvalue weighted by atomic mass is 9.81. The zero-order valence-electron chi connectivity index (χ0n) is 17.6. The number of ether oxygens (including phenoxy) is 3. The molecule has 0 saturated heterocycles. The normalized spacial score (nSPS) is 17.4. The van der Waals surface area contributed by atoms with Crippen molar-refractivity contribution in [3.63, 3.8) is 0 Å². The van der Waals surface area contributed by atoms with Crippen LogP contribution in [0.1, 0.15) is 28.0 Å². The van der Waals surface area contributed by atoms with Crippen molar-refractivity contribution < 1.29 is 36.6 Å². The third-order valence-electron chi connectivity index (χ3n) is 5.30. The van der Waals surface area contributed by atoms with Crippen molar-refractivity contribution in [2.45, 2.75) is 18.3 Å². The highest BCUT2D eigenvalue weighted by atomic mass is 79.9. The first-order valence-electron chi connectivity index (χ1n) is 9.93. The van der Waals surface area contributed by atoms with E-state index < -0.39 is 29.4 Å². The molecule has 1 aromatic heterocycles. The number of rotatable bonds is 5. The molecule has 34 heavy (non-hydrogen) atoms. The van der Waals surface area contributed by atoms with Crippen molar-refractivity contribution in [1.29, 1.82) is 0 Å². The molecule has 0 fully saturated rings. The Balaban J connectivity index is 1.79. The number of benzene rings is 2. The van der Waals surface area contributed by atoms with E-state index >= 15 is 0 Å². The second-order valence-electron chi connectivity index (χ2n) is 7.35. The molecule has 1 N–H and O–H groups in total. The molecule has 0 spiro atoms. The molecule has 4 rings (SSSR count). The Kier molecular flexibility index (Phi) is 6.39. The standard InChI is InChI=1S/C23H17BrF4N2O4/c1-32-17-6-4-13(11-15(17)24)21(31)30-22(8-10-33-19-3-2-9-29-20(19)22)14-5-7-18(16(25)12-14)34-23(26,27)28/h2-7,9,11-12H,8,10H2,1H3,(H,30,31)/t22-/m0/s1. The molecule has 1 amide bonds. The van der Waals surface area contributed by atoms with Crippen LogP contribution in [-0.2, 0) is 5.54 Å². The van der Waals surface area contributed by atoms with E-state index in [-0.39, 0.29) is 24.2 Å². The van der Waals surface area contributed by atoms with E-state index in [2.05, 4.69) is 31.0 Å². The van der Waals surface area contributed by atoms with Crippen LogP contribution in [0.2, 0.25) is 0 Å². The van der Waals surface area contributed by atoms with E-state index in [0.29, 0.717) is 21.7 Å². The summed E-state index contributed by atoms with van der Waals surface area (Å²) in [6.45, 7) is 0.147. The van der Waals surface area contributed by atoms with Gasteiger partial charge >= 0.3 is 6.36 Å². The van der Waals surface area contributed by atoms with Gasteiger partial charge in [-0.25, -0.2) is 4.39 Å². The summed E-state index contributed by atoms with van der Waals surface area (Å²) in [4.78, 5) is 17.6. The Morgan fingerprint density at radius 3 is 2.62 bits per heavy atom. The molecule has 6 nitrogen and oxygen atoms in total. The lowest BCUT2D eigenvalue weighted by Gasteiger charge is -2.39. The Bertz CT molecular complexity index is 1240. The summed E-state index contributed by atoms with van der Waals surface area (Å²) in [7, 11) is 1.49. The van der Waals surface area contributed by atoms with Crippen LogP contribution in [0.5, 0.6) is 17.2 Å². The van der Waals surface area contributed by atoms with E-state index in [1.807, 2.05) is 0 Å². The van der Waals surface area contributed by atoms with Crippen molar-refractivity contribution in [2.24, 2.45) is 0 Å². The molecule has 2 aromatic carbocycles. The van der Waals surface area contributed by atoms with Gasteiger partial charge in [0.1, 0.15) is 22.7 Å². The number of amides is 1. The van der Waals surface area contributed by atoms with Crippen molar-refractivity contribution in [3.8, 4) is 17.2 Å². The lowest BCUT2D eigenvalue weighted by Crippen LogP contribution is -2.50. The molecule has 1 aliphatic heterocycles. The number of hydrogen-bond acceptors (Lipinski definition) is 5. The highest BCUT2D eigenvalue weighted by Crippen LogP contribution is 2.42. The van der Waals surface area contributed by atoms with Crippen molar-refractivity contribution >= 4 is 21.8 Å². The van der Waals surface area contributed by atoms with E-state index in [9.17, 15) is 22.4 Å². The third-order valence-corrected chi connectivity index (χ3v) is 5.92. The zero-order valence-corrected chi connectivity index (χ0v) is 19.2. The lowest BCUT2D eigenvalue weighted by molar-refractivity contribution is -0.275. The van der Waals surface area contributed by atoms with Crippen LogP contribution in [0.25, 0.3) is 0 Å². The van der Waals surface area contributed by atoms with Gasteiger partial charge in [0, 0.05) is 18.2 Å². The minimum atomic E-state index is -5.05. The Labute approximate surface area is 200 Å². The average molecular weight is 541 g/mol. The predicted octanol–water partition coefficient (Wildman–Crippen LogP) is 5.35. The van der Waals surface area contributed by atoms with Gasteiger partial charge < -0.3 is 19.5 Å². The zero-order chi connectivity index (χ0) is 24.5. The van der Waals surface area contributed by atoms with Gasteiger partial charge in [-0.15, -0.1) is 13.2 Å². The molecule has 0 unspecified atom stereocenters. The van der Waals surface area contributed by atoms with E-state index in [4.69, 9.17) is 9.47 Å². The van der Waals surface area contributed by atoms with E-state index in [1.54, 1.807) is 30.3 Å². The van der Waals surface area contributed by atoms with Crippen molar-refractivity contribution in [3.05, 3.63) is 81.8 Å². The van der Waals surface area contributed by atoms with Gasteiger partial charge in [0.15, 0.2) is 11.6 Å². The first-order valence-corrected chi connectivity index (χ1v) is 10.7. The Morgan fingerprint density at radius 1 is 1.18 bits per heavy atom. The number of halogens is 5. The van der Waals surface area contributed by atoms with Gasteiger partial charge in [-0.1, -0.05) is 6.07 Å². The van der Waals surface area contributed by atoms with Gasteiger partial charge in [0.25, 0.3) is 5.91 Å². The van der Waals surface area contributed by atoms with E-state index in [1.165, 1.54) is 19.4 Å². The molecule has 0 aliphatic carbocycles. The maximum atomic E-state index is 14.7. The maximum Gasteiger partial charge on any atom is 0.573 e. The highest BCUT2D eigenvalue weighted by Gasteiger charge is 2.43. The number of pyridine rings is 1. The molecular weight excluding hydrogens is 524 g/mol. The summed E-state index contributed by atoms with van der Waals surface area (Å²) in [5.41, 5.74) is -0.626. The molecule has 2 heterocycles. The van der Waals surface area contributed by atoms with E-state index in [0.717, 1.165) is 12.1 Å². The van der Waals surface area contributed by atoms with Gasteiger partial charge in [0.2, 0.25) is 0 Å². The molecule has 0 radical (unpaired) electrons. The molecule has 1 atom stereocenters. The van der Waals surface area contributed by atoms with Crippen molar-refractivity contribution in [1.82, 2.24) is 10.3 Å². The summed E-state index contributed by atoms with van der Waals surface area (Å²) in [6.07, 6.45) is -3.42. The number of carbonyl (C=O) groups excluding carboxylic acids is 1. The number of carbonyl (C=O) groups is 1. The van der Waals surface area contributed by atoms with Gasteiger partial charge in [-0.3, -0.25) is 9.78 Å². The summed E-state index contributed by atoms with van der Waals surface area (Å²) in [5, 5.41) is 2.91. The fourth-order valence-corrected chi connectivity index (χ4v) is 4.32. The van der Waals surface area contributed by atoms with Crippen LogP contribution in [0.4, 0.5) is 17.6 Å². The summed E-state index contributed by atoms with van der Waals surface area (Å²) in [6, 6.07) is 11.0. The quantitative estimate of drug-likeness (QED) is 0.442. The minimum Gasteiger partial charge on any atom is -0.496 e. The second kappa shape index (κ2) is 9.13. The summed E-state index contributed by atoms with van der Waals surface area (Å²) in [5.74, 6) is -1.85. The number of nitrogens with zero attached hydrogens (tertiary/aromatic N) is 1. The number of nitrogens with one attached hydrogen (secondary N) is 1. The number of methoxy groups -OCH3 is 1. The van der Waals surface area contributed by atoms with Crippen LogP contribution in [0, 0.1) is 5.82 Å². The maximum absolute atomic E-state index is 14.7.